The first-order valence-corrected chi connectivity index (χ1v) is 5.69. The molecule has 1 heterocycles. The second-order valence-corrected chi connectivity index (χ2v) is 4.02. The fourth-order valence-corrected chi connectivity index (χ4v) is 1.25. The van der Waals surface area contributed by atoms with Crippen molar-refractivity contribution in [1.29, 1.82) is 0 Å². The smallest absolute Gasteiger partial charge is 0.371 e. The van der Waals surface area contributed by atoms with Gasteiger partial charge in [0.05, 0.1) is 19.3 Å². The van der Waals surface area contributed by atoms with Crippen molar-refractivity contribution < 1.29 is 23.8 Å². The van der Waals surface area contributed by atoms with Gasteiger partial charge in [0.1, 0.15) is 5.76 Å². The molecule has 0 aliphatic carbocycles. The van der Waals surface area contributed by atoms with Crippen LogP contribution in [0.2, 0.25) is 0 Å². The van der Waals surface area contributed by atoms with Gasteiger partial charge in [0.15, 0.2) is 0 Å². The Bertz CT molecular complexity index is 410. The summed E-state index contributed by atoms with van der Waals surface area (Å²) >= 11 is 0. The second kappa shape index (κ2) is 6.80. The van der Waals surface area contributed by atoms with Crippen molar-refractivity contribution in [2.45, 2.75) is 32.9 Å². The van der Waals surface area contributed by atoms with E-state index < -0.39 is 5.97 Å². The van der Waals surface area contributed by atoms with Crippen LogP contribution < -0.4 is 5.32 Å². The third-order valence-corrected chi connectivity index (χ3v) is 2.11. The fourth-order valence-electron chi connectivity index (χ4n) is 1.25. The number of amides is 1. The summed E-state index contributed by atoms with van der Waals surface area (Å²) in [5, 5.41) is 11.3. The highest BCUT2D eigenvalue weighted by atomic mass is 16.5. The van der Waals surface area contributed by atoms with Crippen molar-refractivity contribution in [2.24, 2.45) is 0 Å². The predicted molar refractivity (Wildman–Crippen MR) is 63.2 cm³/mol. The van der Waals surface area contributed by atoms with Gasteiger partial charge in [-0.25, -0.2) is 4.79 Å². The van der Waals surface area contributed by atoms with Crippen LogP contribution in [0.15, 0.2) is 16.5 Å². The first-order chi connectivity index (χ1) is 8.49. The van der Waals surface area contributed by atoms with Crippen LogP contribution in [0.25, 0.3) is 0 Å². The Morgan fingerprint density at radius 3 is 2.72 bits per heavy atom. The summed E-state index contributed by atoms with van der Waals surface area (Å²) in [6, 6.07) is 2.88. The first-order valence-electron chi connectivity index (χ1n) is 5.69. The largest absolute Gasteiger partial charge is 0.475 e. The molecule has 1 amide bonds. The number of carbonyl (C=O) groups excluding carboxylic acids is 1. The van der Waals surface area contributed by atoms with E-state index in [1.54, 1.807) is 0 Å². The normalized spacial score (nSPS) is 10.6. The highest BCUT2D eigenvalue weighted by Gasteiger charge is 2.09. The molecular formula is C12H17NO5. The van der Waals surface area contributed by atoms with Crippen LogP contribution in [-0.4, -0.2) is 29.7 Å². The van der Waals surface area contributed by atoms with Gasteiger partial charge in [0, 0.05) is 6.42 Å². The molecule has 0 aliphatic rings. The van der Waals surface area contributed by atoms with Crippen molar-refractivity contribution in [1.82, 2.24) is 5.32 Å². The first kappa shape index (κ1) is 14.2. The van der Waals surface area contributed by atoms with Gasteiger partial charge in [-0.2, -0.15) is 0 Å². The molecule has 1 rings (SSSR count). The van der Waals surface area contributed by atoms with Crippen molar-refractivity contribution in [3.63, 3.8) is 0 Å². The maximum atomic E-state index is 11.4. The summed E-state index contributed by atoms with van der Waals surface area (Å²) in [5.74, 6) is -1.02. The number of hydrogen-bond acceptors (Lipinski definition) is 4. The van der Waals surface area contributed by atoms with E-state index >= 15 is 0 Å². The van der Waals surface area contributed by atoms with Crippen LogP contribution in [-0.2, 0) is 16.1 Å². The van der Waals surface area contributed by atoms with Crippen molar-refractivity contribution in [3.8, 4) is 0 Å². The maximum Gasteiger partial charge on any atom is 0.371 e. The van der Waals surface area contributed by atoms with Crippen LogP contribution in [0, 0.1) is 0 Å². The third-order valence-electron chi connectivity index (χ3n) is 2.11. The lowest BCUT2D eigenvalue weighted by Crippen LogP contribution is -2.24. The molecule has 100 valence electrons. The lowest BCUT2D eigenvalue weighted by Gasteiger charge is -2.07. The summed E-state index contributed by atoms with van der Waals surface area (Å²) in [5.41, 5.74) is 0. The molecule has 6 heteroatoms. The van der Waals surface area contributed by atoms with Crippen LogP contribution in [0.1, 0.15) is 36.6 Å². The number of carboxylic acids is 1. The number of ether oxygens (including phenoxy) is 1. The van der Waals surface area contributed by atoms with Gasteiger partial charge >= 0.3 is 5.97 Å². The molecule has 0 aliphatic heterocycles. The lowest BCUT2D eigenvalue weighted by atomic mass is 10.4. The number of nitrogens with one attached hydrogen (secondary N) is 1. The molecule has 18 heavy (non-hydrogen) atoms. The standard InChI is InChI=1S/C12H17NO5/c1-8(2)17-6-5-11(14)13-7-9-3-4-10(18-9)12(15)16/h3-4,8H,5-7H2,1-2H3,(H,13,14)(H,15,16). The quantitative estimate of drug-likeness (QED) is 0.769. The minimum absolute atomic E-state index is 0.0981. The van der Waals surface area contributed by atoms with E-state index in [0.29, 0.717) is 12.4 Å². The summed E-state index contributed by atoms with van der Waals surface area (Å²) in [7, 11) is 0. The lowest BCUT2D eigenvalue weighted by molar-refractivity contribution is -0.122. The topological polar surface area (TPSA) is 88.8 Å². The average Bonchev–Trinajstić information content (AvgIpc) is 2.74. The molecule has 0 saturated heterocycles. The molecule has 0 atom stereocenters. The van der Waals surface area contributed by atoms with Gasteiger partial charge < -0.3 is 19.6 Å². The Balaban J connectivity index is 2.27. The summed E-state index contributed by atoms with van der Waals surface area (Å²) < 4.78 is 10.2. The van der Waals surface area contributed by atoms with Gasteiger partial charge in [-0.15, -0.1) is 0 Å². The van der Waals surface area contributed by atoms with E-state index in [1.807, 2.05) is 13.8 Å². The molecule has 0 spiro atoms. The molecule has 0 saturated carbocycles. The van der Waals surface area contributed by atoms with E-state index in [1.165, 1.54) is 12.1 Å². The highest BCUT2D eigenvalue weighted by molar-refractivity contribution is 5.84. The maximum absolute atomic E-state index is 11.4. The Morgan fingerprint density at radius 2 is 2.17 bits per heavy atom. The molecule has 1 aromatic rings. The molecule has 0 fully saturated rings. The molecule has 2 N–H and O–H groups in total. The molecule has 1 aromatic heterocycles. The highest BCUT2D eigenvalue weighted by Crippen LogP contribution is 2.07. The van der Waals surface area contributed by atoms with Crippen molar-refractivity contribution in [3.05, 3.63) is 23.7 Å². The van der Waals surface area contributed by atoms with Crippen LogP contribution in [0.5, 0.6) is 0 Å². The Hall–Kier alpha value is -1.82. The minimum Gasteiger partial charge on any atom is -0.475 e. The average molecular weight is 255 g/mol. The number of rotatable bonds is 7. The summed E-state index contributed by atoms with van der Waals surface area (Å²) in [6.45, 7) is 4.33. The zero-order chi connectivity index (χ0) is 13.5. The SMILES string of the molecule is CC(C)OCCC(=O)NCc1ccc(C(=O)O)o1. The second-order valence-electron chi connectivity index (χ2n) is 4.02. The zero-order valence-corrected chi connectivity index (χ0v) is 10.4. The number of hydrogen-bond donors (Lipinski definition) is 2. The molecule has 0 bridgehead atoms. The Kier molecular flexibility index (Phi) is 5.38. The monoisotopic (exact) mass is 255 g/mol. The van der Waals surface area contributed by atoms with E-state index in [-0.39, 0.29) is 30.7 Å². The molecule has 6 nitrogen and oxygen atoms in total. The molecular weight excluding hydrogens is 238 g/mol. The van der Waals surface area contributed by atoms with Gasteiger partial charge in [-0.1, -0.05) is 0 Å². The third kappa shape index (κ3) is 5.01. The number of aromatic carboxylic acids is 1. The van der Waals surface area contributed by atoms with E-state index in [4.69, 9.17) is 14.3 Å². The molecule has 0 aromatic carbocycles. The predicted octanol–water partition coefficient (Wildman–Crippen LogP) is 1.41. The summed E-state index contributed by atoms with van der Waals surface area (Å²) in [4.78, 5) is 21.9. The van der Waals surface area contributed by atoms with Crippen LogP contribution in [0.3, 0.4) is 0 Å². The van der Waals surface area contributed by atoms with Gasteiger partial charge in [0.2, 0.25) is 11.7 Å². The number of furan rings is 1. The fraction of sp³-hybridized carbons (Fsp3) is 0.500. The van der Waals surface area contributed by atoms with E-state index in [0.717, 1.165) is 0 Å². The molecule has 0 unspecified atom stereocenters. The van der Waals surface area contributed by atoms with Crippen molar-refractivity contribution in [2.75, 3.05) is 6.61 Å². The van der Waals surface area contributed by atoms with Crippen LogP contribution in [0.4, 0.5) is 0 Å². The van der Waals surface area contributed by atoms with Crippen LogP contribution >= 0.6 is 0 Å². The van der Waals surface area contributed by atoms with Gasteiger partial charge in [-0.05, 0) is 26.0 Å². The van der Waals surface area contributed by atoms with Crippen molar-refractivity contribution >= 4 is 11.9 Å². The Labute approximate surface area is 105 Å². The Morgan fingerprint density at radius 1 is 1.44 bits per heavy atom. The number of carbonyl (C=O) groups is 2. The van der Waals surface area contributed by atoms with Gasteiger partial charge in [-0.3, -0.25) is 4.79 Å². The molecule has 0 radical (unpaired) electrons. The van der Waals surface area contributed by atoms with Gasteiger partial charge in [0.25, 0.3) is 0 Å². The zero-order valence-electron chi connectivity index (χ0n) is 10.4. The minimum atomic E-state index is -1.13. The van der Waals surface area contributed by atoms with E-state index in [9.17, 15) is 9.59 Å². The van der Waals surface area contributed by atoms with E-state index in [2.05, 4.69) is 5.32 Å². The number of carboxylic acid groups (broad SMARTS) is 1. The summed E-state index contributed by atoms with van der Waals surface area (Å²) in [6.07, 6.45) is 0.367.